The van der Waals surface area contributed by atoms with E-state index >= 15 is 0 Å². The van der Waals surface area contributed by atoms with Crippen molar-refractivity contribution in [2.24, 2.45) is 7.05 Å². The van der Waals surface area contributed by atoms with E-state index in [0.717, 1.165) is 36.9 Å². The second-order valence-corrected chi connectivity index (χ2v) is 5.16. The summed E-state index contributed by atoms with van der Waals surface area (Å²) in [6.45, 7) is 2.42. The Labute approximate surface area is 113 Å². The Balaban J connectivity index is 1.80. The van der Waals surface area contributed by atoms with E-state index < -0.39 is 6.10 Å². The molecule has 0 radical (unpaired) electrons. The summed E-state index contributed by atoms with van der Waals surface area (Å²) in [5, 5.41) is 19.6. The first kappa shape index (κ1) is 13.9. The van der Waals surface area contributed by atoms with Crippen LogP contribution in [0.1, 0.15) is 36.9 Å². The third-order valence-corrected chi connectivity index (χ3v) is 3.82. The molecule has 1 fully saturated rings. The number of carbonyl (C=O) groups excluding carboxylic acids is 1. The van der Waals surface area contributed by atoms with Gasteiger partial charge in [-0.25, -0.2) is 4.79 Å². The minimum atomic E-state index is -0.417. The van der Waals surface area contributed by atoms with Crippen LogP contribution in [0.25, 0.3) is 0 Å². The highest BCUT2D eigenvalue weighted by molar-refractivity contribution is 5.74. The lowest BCUT2D eigenvalue weighted by Gasteiger charge is -2.28. The number of urea groups is 1. The maximum atomic E-state index is 11.8. The zero-order valence-electron chi connectivity index (χ0n) is 11.5. The zero-order chi connectivity index (χ0) is 13.8. The van der Waals surface area contributed by atoms with E-state index in [4.69, 9.17) is 0 Å². The number of aliphatic hydroxyl groups excluding tert-OH is 1. The van der Waals surface area contributed by atoms with Crippen molar-refractivity contribution >= 4 is 6.03 Å². The predicted octanol–water partition coefficient (Wildman–Crippen LogP) is 0.831. The highest BCUT2D eigenvalue weighted by Crippen LogP contribution is 2.18. The van der Waals surface area contributed by atoms with Gasteiger partial charge in [0.1, 0.15) is 0 Å². The van der Waals surface area contributed by atoms with E-state index in [-0.39, 0.29) is 12.1 Å². The van der Waals surface area contributed by atoms with Gasteiger partial charge >= 0.3 is 6.03 Å². The maximum absolute atomic E-state index is 11.8. The molecule has 0 bridgehead atoms. The van der Waals surface area contributed by atoms with Crippen LogP contribution in [0.15, 0.2) is 6.20 Å². The summed E-state index contributed by atoms with van der Waals surface area (Å²) in [4.78, 5) is 11.8. The van der Waals surface area contributed by atoms with Crippen LogP contribution in [-0.2, 0) is 13.6 Å². The molecule has 1 aromatic rings. The number of amides is 2. The molecule has 0 aromatic carbocycles. The number of nitrogens with zero attached hydrogens (tertiary/aromatic N) is 2. The Morgan fingerprint density at radius 2 is 2.26 bits per heavy atom. The average molecular weight is 266 g/mol. The second kappa shape index (κ2) is 6.06. The minimum Gasteiger partial charge on any atom is -0.391 e. The SMILES string of the molecule is Cc1c(CNC(=O)NC2CCCCC2O)cnn1C. The van der Waals surface area contributed by atoms with E-state index in [0.29, 0.717) is 6.54 Å². The Hall–Kier alpha value is -1.56. The Morgan fingerprint density at radius 1 is 1.53 bits per heavy atom. The molecule has 106 valence electrons. The van der Waals surface area contributed by atoms with Gasteiger partial charge in [-0.3, -0.25) is 4.68 Å². The van der Waals surface area contributed by atoms with Crippen molar-refractivity contribution < 1.29 is 9.90 Å². The van der Waals surface area contributed by atoms with Gasteiger partial charge in [-0.15, -0.1) is 0 Å². The lowest BCUT2D eigenvalue weighted by molar-refractivity contribution is 0.0943. The summed E-state index contributed by atoms with van der Waals surface area (Å²) in [5.74, 6) is 0. The van der Waals surface area contributed by atoms with Crippen molar-refractivity contribution in [3.8, 4) is 0 Å². The van der Waals surface area contributed by atoms with Crippen molar-refractivity contribution in [3.63, 3.8) is 0 Å². The molecule has 1 aliphatic carbocycles. The van der Waals surface area contributed by atoms with Crippen LogP contribution in [-0.4, -0.2) is 33.1 Å². The highest BCUT2D eigenvalue weighted by Gasteiger charge is 2.24. The Bertz CT molecular complexity index is 444. The van der Waals surface area contributed by atoms with Gasteiger partial charge in [0, 0.05) is 24.8 Å². The first-order valence-corrected chi connectivity index (χ1v) is 6.78. The number of nitrogens with one attached hydrogen (secondary N) is 2. The highest BCUT2D eigenvalue weighted by atomic mass is 16.3. The largest absolute Gasteiger partial charge is 0.391 e. The van der Waals surface area contributed by atoms with Gasteiger partial charge < -0.3 is 15.7 Å². The number of aromatic nitrogens is 2. The lowest BCUT2D eigenvalue weighted by Crippen LogP contribution is -2.48. The fourth-order valence-electron chi connectivity index (χ4n) is 2.39. The van der Waals surface area contributed by atoms with E-state index in [9.17, 15) is 9.90 Å². The molecule has 2 unspecified atom stereocenters. The number of rotatable bonds is 3. The normalized spacial score (nSPS) is 23.1. The standard InChI is InChI=1S/C13H22N4O2/c1-9-10(8-15-17(9)2)7-14-13(19)16-11-5-3-4-6-12(11)18/h8,11-12,18H,3-7H2,1-2H3,(H2,14,16,19). The summed E-state index contributed by atoms with van der Waals surface area (Å²) in [6.07, 6.45) is 5.05. The van der Waals surface area contributed by atoms with Crippen LogP contribution >= 0.6 is 0 Å². The van der Waals surface area contributed by atoms with Gasteiger partial charge in [-0.1, -0.05) is 12.8 Å². The molecule has 2 rings (SSSR count). The summed E-state index contributed by atoms with van der Waals surface area (Å²) < 4.78 is 1.78. The van der Waals surface area contributed by atoms with Crippen LogP contribution in [0.3, 0.4) is 0 Å². The van der Waals surface area contributed by atoms with Crippen LogP contribution in [0, 0.1) is 6.92 Å². The topological polar surface area (TPSA) is 79.2 Å². The van der Waals surface area contributed by atoms with E-state index in [1.807, 2.05) is 14.0 Å². The number of carbonyl (C=O) groups is 1. The number of aliphatic hydroxyl groups is 1. The molecular weight excluding hydrogens is 244 g/mol. The fourth-order valence-corrected chi connectivity index (χ4v) is 2.39. The molecule has 1 heterocycles. The number of hydrogen-bond donors (Lipinski definition) is 3. The molecular formula is C13H22N4O2. The van der Waals surface area contributed by atoms with Crippen LogP contribution in [0.5, 0.6) is 0 Å². The molecule has 6 nitrogen and oxygen atoms in total. The van der Waals surface area contributed by atoms with Crippen molar-refractivity contribution in [3.05, 3.63) is 17.5 Å². The fraction of sp³-hybridized carbons (Fsp3) is 0.692. The number of hydrogen-bond acceptors (Lipinski definition) is 3. The monoisotopic (exact) mass is 266 g/mol. The van der Waals surface area contributed by atoms with Gasteiger partial charge in [0.05, 0.1) is 18.3 Å². The molecule has 6 heteroatoms. The third kappa shape index (κ3) is 3.47. The van der Waals surface area contributed by atoms with Crippen LogP contribution in [0.2, 0.25) is 0 Å². The second-order valence-electron chi connectivity index (χ2n) is 5.16. The van der Waals surface area contributed by atoms with Crippen molar-refractivity contribution in [2.45, 2.75) is 51.3 Å². The molecule has 19 heavy (non-hydrogen) atoms. The van der Waals surface area contributed by atoms with Gasteiger partial charge in [0.2, 0.25) is 0 Å². The smallest absolute Gasteiger partial charge is 0.315 e. The minimum absolute atomic E-state index is 0.122. The Kier molecular flexibility index (Phi) is 4.42. The average Bonchev–Trinajstić information content (AvgIpc) is 2.70. The molecule has 1 aromatic heterocycles. The zero-order valence-corrected chi connectivity index (χ0v) is 11.5. The molecule has 3 N–H and O–H groups in total. The van der Waals surface area contributed by atoms with Gasteiger partial charge in [0.25, 0.3) is 0 Å². The third-order valence-electron chi connectivity index (χ3n) is 3.82. The molecule has 2 amide bonds. The van der Waals surface area contributed by atoms with E-state index in [1.54, 1.807) is 10.9 Å². The summed E-state index contributed by atoms with van der Waals surface area (Å²) in [7, 11) is 1.87. The first-order valence-electron chi connectivity index (χ1n) is 6.78. The van der Waals surface area contributed by atoms with E-state index in [1.165, 1.54) is 0 Å². The lowest BCUT2D eigenvalue weighted by atomic mass is 9.93. The molecule has 0 saturated heterocycles. The van der Waals surface area contributed by atoms with Gasteiger partial charge in [0.15, 0.2) is 0 Å². The molecule has 1 aliphatic rings. The molecule has 0 spiro atoms. The summed E-state index contributed by atoms with van der Waals surface area (Å²) in [6, 6.07) is -0.349. The molecule has 0 aliphatic heterocycles. The quantitative estimate of drug-likeness (QED) is 0.758. The van der Waals surface area contributed by atoms with Gasteiger partial charge in [-0.2, -0.15) is 5.10 Å². The maximum Gasteiger partial charge on any atom is 0.315 e. The molecule has 2 atom stereocenters. The van der Waals surface area contributed by atoms with Crippen molar-refractivity contribution in [1.82, 2.24) is 20.4 Å². The van der Waals surface area contributed by atoms with E-state index in [2.05, 4.69) is 15.7 Å². The van der Waals surface area contributed by atoms with Crippen LogP contribution in [0.4, 0.5) is 4.79 Å². The predicted molar refractivity (Wildman–Crippen MR) is 71.6 cm³/mol. The molecule has 1 saturated carbocycles. The van der Waals surface area contributed by atoms with Crippen molar-refractivity contribution in [1.29, 1.82) is 0 Å². The van der Waals surface area contributed by atoms with Crippen LogP contribution < -0.4 is 10.6 Å². The van der Waals surface area contributed by atoms with Crippen molar-refractivity contribution in [2.75, 3.05) is 0 Å². The summed E-state index contributed by atoms with van der Waals surface area (Å²) >= 11 is 0. The number of aryl methyl sites for hydroxylation is 1. The summed E-state index contributed by atoms with van der Waals surface area (Å²) in [5.41, 5.74) is 2.04. The first-order chi connectivity index (χ1) is 9.08. The van der Waals surface area contributed by atoms with Gasteiger partial charge in [-0.05, 0) is 19.8 Å². The Morgan fingerprint density at radius 3 is 2.89 bits per heavy atom.